The zero-order chi connectivity index (χ0) is 53.3. The van der Waals surface area contributed by atoms with Gasteiger partial charge in [0.2, 0.25) is 5.91 Å². The predicted octanol–water partition coefficient (Wildman–Crippen LogP) is 13.5. The smallest absolute Gasteiger partial charge is 0.249 e. The fourth-order valence-corrected chi connectivity index (χ4v) is 9.87. The Balaban J connectivity index is 2.30. The summed E-state index contributed by atoms with van der Waals surface area (Å²) in [7, 11) is 0. The van der Waals surface area contributed by atoms with Gasteiger partial charge < -0.3 is 50.5 Å². The first-order valence-electron chi connectivity index (χ1n) is 30.9. The topological polar surface area (TPSA) is 189 Å². The minimum absolute atomic E-state index is 0.247. The Morgan fingerprint density at radius 3 is 1.22 bits per heavy atom. The van der Waals surface area contributed by atoms with Crippen LogP contribution in [0.2, 0.25) is 0 Å². The van der Waals surface area contributed by atoms with Crippen molar-refractivity contribution in [1.82, 2.24) is 5.32 Å². The van der Waals surface area contributed by atoms with Gasteiger partial charge in [-0.1, -0.05) is 243 Å². The lowest BCUT2D eigenvalue weighted by atomic mass is 9.98. The molecule has 0 spiro atoms. The van der Waals surface area contributed by atoms with Gasteiger partial charge in [-0.25, -0.2) is 0 Å². The van der Waals surface area contributed by atoms with Gasteiger partial charge in [0.15, 0.2) is 6.29 Å². The summed E-state index contributed by atoms with van der Waals surface area (Å²) in [6.45, 7) is 3.47. The molecule has 0 saturated carbocycles. The van der Waals surface area contributed by atoms with Crippen LogP contribution in [0.25, 0.3) is 0 Å². The molecule has 11 heteroatoms. The van der Waals surface area contributed by atoms with Crippen molar-refractivity contribution in [3.63, 3.8) is 0 Å². The second-order valence-electron chi connectivity index (χ2n) is 21.8. The molecule has 1 rings (SSSR count). The van der Waals surface area contributed by atoms with E-state index < -0.39 is 74.2 Å². The summed E-state index contributed by atoms with van der Waals surface area (Å²) in [5.74, 6) is -0.709. The fraction of sp³-hybridized carbons (Fsp3) is 0.887. The first-order valence-corrected chi connectivity index (χ1v) is 30.9. The van der Waals surface area contributed by atoms with Crippen molar-refractivity contribution < 1.29 is 50.0 Å². The van der Waals surface area contributed by atoms with Crippen LogP contribution < -0.4 is 5.32 Å². The third-order valence-electron chi connectivity index (χ3n) is 14.9. The van der Waals surface area contributed by atoms with Crippen molar-refractivity contribution in [3.05, 3.63) is 36.5 Å². The molecule has 0 aromatic carbocycles. The summed E-state index contributed by atoms with van der Waals surface area (Å²) in [5.41, 5.74) is 0. The van der Waals surface area contributed by atoms with Crippen LogP contribution in [0.4, 0.5) is 0 Å². The SMILES string of the molecule is CCCCCCCCCCCCC/C=C/CC/C=C/CCCC(O)C(O)C(COC1OC(CO)C(O)C(O)C1O)NC(=O)C(O)CCCCCCCCCCCC/C=C\CCCCCCCCCCCCCC. The Bertz CT molecular complexity index is 1280. The van der Waals surface area contributed by atoms with Gasteiger partial charge in [0.05, 0.1) is 25.4 Å². The second-order valence-corrected chi connectivity index (χ2v) is 21.8. The van der Waals surface area contributed by atoms with E-state index in [0.717, 1.165) is 38.5 Å². The molecule has 73 heavy (non-hydrogen) atoms. The molecule has 9 unspecified atom stereocenters. The summed E-state index contributed by atoms with van der Waals surface area (Å²) in [5, 5.41) is 76.2. The third-order valence-corrected chi connectivity index (χ3v) is 14.9. The van der Waals surface area contributed by atoms with Crippen LogP contribution in [0.15, 0.2) is 36.5 Å². The third kappa shape index (κ3) is 39.4. The van der Waals surface area contributed by atoms with Crippen molar-refractivity contribution in [2.75, 3.05) is 13.2 Å². The molecule has 0 aromatic rings. The van der Waals surface area contributed by atoms with Gasteiger partial charge in [-0.2, -0.15) is 0 Å². The number of carbonyl (C=O) groups is 1. The standard InChI is InChI=1S/C62H117NO10/c1-3-5-7-9-11-13-15-17-19-21-23-25-26-27-28-29-30-32-34-36-38-40-42-44-46-48-50-55(66)61(71)63-53(52-72-62-60(70)59(69)58(68)56(51-64)73-62)57(67)54(65)49-47-45-43-41-39-37-35-33-31-24-22-20-18-16-14-12-10-8-6-4-2/h27-28,33,35,41,43,53-60,62,64-70H,3-26,29-32,34,36-40,42,44-52H2,1-2H3,(H,63,71)/b28-27-,35-33+,43-41+. The van der Waals surface area contributed by atoms with Gasteiger partial charge in [-0.05, 0) is 77.0 Å². The van der Waals surface area contributed by atoms with Crippen LogP contribution >= 0.6 is 0 Å². The van der Waals surface area contributed by atoms with Gasteiger partial charge in [0.25, 0.3) is 0 Å². The van der Waals surface area contributed by atoms with Crippen LogP contribution in [0.1, 0.15) is 284 Å². The molecule has 1 aliphatic heterocycles. The van der Waals surface area contributed by atoms with E-state index in [9.17, 15) is 40.5 Å². The molecule has 1 saturated heterocycles. The largest absolute Gasteiger partial charge is 0.394 e. The zero-order valence-corrected chi connectivity index (χ0v) is 47.1. The summed E-state index contributed by atoms with van der Waals surface area (Å²) in [4.78, 5) is 13.2. The van der Waals surface area contributed by atoms with E-state index >= 15 is 0 Å². The Labute approximate surface area is 447 Å². The number of allylic oxidation sites excluding steroid dienone is 6. The van der Waals surface area contributed by atoms with E-state index in [2.05, 4.69) is 55.6 Å². The molecular weight excluding hydrogens is 919 g/mol. The maximum atomic E-state index is 13.2. The molecule has 1 aliphatic rings. The maximum Gasteiger partial charge on any atom is 0.249 e. The van der Waals surface area contributed by atoms with Crippen LogP contribution in [0.5, 0.6) is 0 Å². The highest BCUT2D eigenvalue weighted by Gasteiger charge is 2.44. The second kappa shape index (κ2) is 51.1. The number of aliphatic hydroxyl groups is 7. The molecule has 0 aliphatic carbocycles. The van der Waals surface area contributed by atoms with E-state index in [0.29, 0.717) is 19.3 Å². The molecule has 11 nitrogen and oxygen atoms in total. The predicted molar refractivity (Wildman–Crippen MR) is 302 cm³/mol. The van der Waals surface area contributed by atoms with Crippen molar-refractivity contribution in [3.8, 4) is 0 Å². The number of nitrogens with one attached hydrogen (secondary N) is 1. The van der Waals surface area contributed by atoms with E-state index in [1.807, 2.05) is 0 Å². The first-order chi connectivity index (χ1) is 35.7. The molecule has 1 heterocycles. The van der Waals surface area contributed by atoms with Gasteiger partial charge in [0.1, 0.15) is 36.6 Å². The summed E-state index contributed by atoms with van der Waals surface area (Å²) >= 11 is 0. The lowest BCUT2D eigenvalue weighted by molar-refractivity contribution is -0.303. The van der Waals surface area contributed by atoms with E-state index in [-0.39, 0.29) is 12.8 Å². The van der Waals surface area contributed by atoms with Crippen molar-refractivity contribution in [2.45, 2.75) is 339 Å². The van der Waals surface area contributed by atoms with Gasteiger partial charge in [-0.15, -0.1) is 0 Å². The first kappa shape index (κ1) is 69.3. The summed E-state index contributed by atoms with van der Waals surface area (Å²) in [6.07, 6.45) is 52.1. The number of hydrogen-bond acceptors (Lipinski definition) is 10. The Hall–Kier alpha value is -1.67. The summed E-state index contributed by atoms with van der Waals surface area (Å²) in [6, 6.07) is -1.19. The highest BCUT2D eigenvalue weighted by molar-refractivity contribution is 5.80. The lowest BCUT2D eigenvalue weighted by Crippen LogP contribution is -2.60. The molecule has 0 radical (unpaired) electrons. The Morgan fingerprint density at radius 2 is 0.822 bits per heavy atom. The normalized spacial score (nSPS) is 20.2. The number of aliphatic hydroxyl groups excluding tert-OH is 7. The lowest BCUT2D eigenvalue weighted by Gasteiger charge is -2.40. The number of carbonyl (C=O) groups excluding carboxylic acids is 1. The monoisotopic (exact) mass is 1040 g/mol. The Morgan fingerprint density at radius 1 is 0.466 bits per heavy atom. The average Bonchev–Trinajstić information content (AvgIpc) is 3.39. The van der Waals surface area contributed by atoms with E-state index in [1.54, 1.807) is 0 Å². The van der Waals surface area contributed by atoms with Crippen molar-refractivity contribution in [2.24, 2.45) is 0 Å². The number of ether oxygens (including phenoxy) is 2. The number of hydrogen-bond donors (Lipinski definition) is 8. The maximum absolute atomic E-state index is 13.2. The van der Waals surface area contributed by atoms with Crippen molar-refractivity contribution in [1.29, 1.82) is 0 Å². The van der Waals surface area contributed by atoms with Crippen molar-refractivity contribution >= 4 is 5.91 Å². The summed E-state index contributed by atoms with van der Waals surface area (Å²) < 4.78 is 11.1. The van der Waals surface area contributed by atoms with E-state index in [4.69, 9.17) is 9.47 Å². The van der Waals surface area contributed by atoms with Crippen LogP contribution in [-0.2, 0) is 14.3 Å². The van der Waals surface area contributed by atoms with Crippen LogP contribution in [0.3, 0.4) is 0 Å². The number of rotatable bonds is 53. The molecule has 0 bridgehead atoms. The average molecular weight is 1040 g/mol. The zero-order valence-electron chi connectivity index (χ0n) is 47.1. The highest BCUT2D eigenvalue weighted by Crippen LogP contribution is 2.23. The molecule has 9 atom stereocenters. The Kier molecular flexibility index (Phi) is 48.5. The van der Waals surface area contributed by atoms with Crippen LogP contribution in [0, 0.1) is 0 Å². The molecule has 1 fully saturated rings. The molecule has 0 aromatic heterocycles. The van der Waals surface area contributed by atoms with E-state index in [1.165, 1.54) is 199 Å². The number of unbranched alkanes of at least 4 members (excludes halogenated alkanes) is 35. The minimum atomic E-state index is -1.67. The highest BCUT2D eigenvalue weighted by atomic mass is 16.7. The van der Waals surface area contributed by atoms with Gasteiger partial charge in [-0.3, -0.25) is 4.79 Å². The minimum Gasteiger partial charge on any atom is -0.394 e. The molecule has 8 N–H and O–H groups in total. The quantitative estimate of drug-likeness (QED) is 0.0215. The van der Waals surface area contributed by atoms with Crippen LogP contribution in [-0.4, -0.2) is 110 Å². The molecular formula is C62H117NO10. The number of amides is 1. The molecule has 1 amide bonds. The van der Waals surface area contributed by atoms with Gasteiger partial charge >= 0.3 is 0 Å². The molecule has 430 valence electrons. The van der Waals surface area contributed by atoms with Gasteiger partial charge in [0, 0.05) is 0 Å². The fourth-order valence-electron chi connectivity index (χ4n) is 9.87.